The van der Waals surface area contributed by atoms with Crippen molar-refractivity contribution in [1.82, 2.24) is 15.1 Å². The summed E-state index contributed by atoms with van der Waals surface area (Å²) < 4.78 is 6.38. The van der Waals surface area contributed by atoms with Gasteiger partial charge < -0.3 is 10.1 Å². The molecule has 0 radical (unpaired) electrons. The molecular formula is C15H15Cl2N3O3. The van der Waals surface area contributed by atoms with Crippen molar-refractivity contribution in [1.29, 1.82) is 0 Å². The molecule has 0 saturated heterocycles. The Bertz CT molecular complexity index is 744. The van der Waals surface area contributed by atoms with Gasteiger partial charge in [-0.3, -0.25) is 4.79 Å². The Morgan fingerprint density at radius 2 is 2.00 bits per heavy atom. The van der Waals surface area contributed by atoms with Crippen molar-refractivity contribution in [3.05, 3.63) is 51.3 Å². The minimum Gasteiger partial charge on any atom is -0.452 e. The maximum atomic E-state index is 12.1. The summed E-state index contributed by atoms with van der Waals surface area (Å²) in [6.07, 6.45) is 0. The molecule has 0 saturated carbocycles. The number of benzene rings is 1. The second-order valence-electron chi connectivity index (χ2n) is 4.75. The Hall–Kier alpha value is -2.05. The number of aryl methyl sites for hydroxylation is 1. The summed E-state index contributed by atoms with van der Waals surface area (Å²) >= 11 is 12.3. The highest BCUT2D eigenvalue weighted by molar-refractivity contribution is 6.33. The maximum absolute atomic E-state index is 12.1. The molecule has 1 amide bonds. The third-order valence-electron chi connectivity index (χ3n) is 3.16. The molecule has 6 nitrogen and oxygen atoms in total. The first kappa shape index (κ1) is 17.3. The van der Waals surface area contributed by atoms with E-state index in [1.165, 1.54) is 11.7 Å². The Labute approximate surface area is 143 Å². The summed E-state index contributed by atoms with van der Waals surface area (Å²) in [5.74, 6) is -1.10. The fourth-order valence-corrected chi connectivity index (χ4v) is 2.46. The molecule has 122 valence electrons. The van der Waals surface area contributed by atoms with Gasteiger partial charge in [0.2, 0.25) is 0 Å². The van der Waals surface area contributed by atoms with Crippen molar-refractivity contribution in [2.75, 3.05) is 13.7 Å². The number of nitrogens with one attached hydrogen (secondary N) is 1. The van der Waals surface area contributed by atoms with E-state index in [4.69, 9.17) is 27.9 Å². The van der Waals surface area contributed by atoms with Gasteiger partial charge in [0.15, 0.2) is 6.61 Å². The third kappa shape index (κ3) is 4.03. The van der Waals surface area contributed by atoms with Crippen LogP contribution in [0.15, 0.2) is 24.3 Å². The number of hydrogen-bond acceptors (Lipinski definition) is 4. The van der Waals surface area contributed by atoms with Crippen LogP contribution in [0.1, 0.15) is 21.6 Å². The molecule has 0 atom stereocenters. The number of ether oxygens (including phenoxy) is 1. The van der Waals surface area contributed by atoms with Gasteiger partial charge >= 0.3 is 5.97 Å². The summed E-state index contributed by atoms with van der Waals surface area (Å²) in [6.45, 7) is 1.59. The predicted octanol–water partition coefficient (Wildman–Crippen LogP) is 2.45. The van der Waals surface area contributed by atoms with Crippen molar-refractivity contribution in [3.63, 3.8) is 0 Å². The molecule has 2 aromatic rings. The predicted molar refractivity (Wildman–Crippen MR) is 86.9 cm³/mol. The highest BCUT2D eigenvalue weighted by Gasteiger charge is 2.22. The number of rotatable bonds is 5. The topological polar surface area (TPSA) is 73.2 Å². The summed E-state index contributed by atoms with van der Waals surface area (Å²) in [7, 11) is 1.45. The molecule has 0 aliphatic rings. The minimum atomic E-state index is -0.693. The number of carbonyl (C=O) groups excluding carboxylic acids is 2. The molecule has 8 heteroatoms. The average Bonchev–Trinajstić information content (AvgIpc) is 2.81. The molecule has 2 rings (SSSR count). The normalized spacial score (nSPS) is 10.4. The van der Waals surface area contributed by atoms with Gasteiger partial charge in [-0.2, -0.15) is 5.10 Å². The first-order valence-electron chi connectivity index (χ1n) is 6.78. The number of halogens is 2. The molecule has 0 unspecified atom stereocenters. The van der Waals surface area contributed by atoms with Gasteiger partial charge in [-0.1, -0.05) is 41.4 Å². The number of esters is 1. The molecule has 1 N–H and O–H groups in total. The second kappa shape index (κ2) is 7.48. The van der Waals surface area contributed by atoms with Crippen LogP contribution in [0.2, 0.25) is 10.2 Å². The van der Waals surface area contributed by atoms with Crippen LogP contribution in [-0.4, -0.2) is 35.3 Å². The van der Waals surface area contributed by atoms with Crippen LogP contribution in [0.25, 0.3) is 0 Å². The van der Waals surface area contributed by atoms with Crippen LogP contribution in [-0.2, 0) is 16.1 Å². The molecule has 0 aliphatic heterocycles. The molecule has 1 aromatic heterocycles. The Morgan fingerprint density at radius 3 is 2.65 bits per heavy atom. The molecule has 23 heavy (non-hydrogen) atoms. The zero-order valence-electron chi connectivity index (χ0n) is 12.6. The van der Waals surface area contributed by atoms with Crippen LogP contribution in [0.5, 0.6) is 0 Å². The van der Waals surface area contributed by atoms with Crippen molar-refractivity contribution in [2.45, 2.75) is 13.5 Å². The van der Waals surface area contributed by atoms with E-state index in [0.717, 1.165) is 5.56 Å². The van der Waals surface area contributed by atoms with Crippen LogP contribution >= 0.6 is 23.2 Å². The first-order chi connectivity index (χ1) is 10.9. The SMILES string of the molecule is CNC(=O)COC(=O)c1c(C)nn(Cc2ccccc2Cl)c1Cl. The number of aromatic nitrogens is 2. The van der Waals surface area contributed by atoms with E-state index in [1.54, 1.807) is 13.0 Å². The fourth-order valence-electron chi connectivity index (χ4n) is 1.95. The first-order valence-corrected chi connectivity index (χ1v) is 7.53. The van der Waals surface area contributed by atoms with Gasteiger partial charge in [-0.15, -0.1) is 0 Å². The fraction of sp³-hybridized carbons (Fsp3) is 0.267. The lowest BCUT2D eigenvalue weighted by Gasteiger charge is -2.06. The van der Waals surface area contributed by atoms with E-state index in [9.17, 15) is 9.59 Å². The molecule has 0 bridgehead atoms. The van der Waals surface area contributed by atoms with Gasteiger partial charge in [0.05, 0.1) is 12.2 Å². The van der Waals surface area contributed by atoms with Crippen LogP contribution in [0.3, 0.4) is 0 Å². The standard InChI is InChI=1S/C15H15Cl2N3O3/c1-9-13(15(22)23-8-12(21)18-2)14(17)20(19-9)7-10-5-3-4-6-11(10)16/h3-6H,7-8H2,1-2H3,(H,18,21). The van der Waals surface area contributed by atoms with E-state index in [0.29, 0.717) is 17.3 Å². The molecule has 1 aromatic carbocycles. The van der Waals surface area contributed by atoms with Crippen LogP contribution in [0, 0.1) is 6.92 Å². The lowest BCUT2D eigenvalue weighted by atomic mass is 10.2. The zero-order chi connectivity index (χ0) is 17.0. The Morgan fingerprint density at radius 1 is 1.30 bits per heavy atom. The molecular weight excluding hydrogens is 341 g/mol. The molecule has 1 heterocycles. The zero-order valence-corrected chi connectivity index (χ0v) is 14.1. The maximum Gasteiger partial charge on any atom is 0.343 e. The van der Waals surface area contributed by atoms with Crippen molar-refractivity contribution < 1.29 is 14.3 Å². The summed E-state index contributed by atoms with van der Waals surface area (Å²) in [5, 5.41) is 7.33. The van der Waals surface area contributed by atoms with Gasteiger partial charge in [0.1, 0.15) is 10.7 Å². The second-order valence-corrected chi connectivity index (χ2v) is 5.51. The van der Waals surface area contributed by atoms with Gasteiger partial charge in [0.25, 0.3) is 5.91 Å². The van der Waals surface area contributed by atoms with E-state index < -0.39 is 11.9 Å². The number of nitrogens with zero attached hydrogens (tertiary/aromatic N) is 2. The largest absolute Gasteiger partial charge is 0.452 e. The van der Waals surface area contributed by atoms with E-state index in [2.05, 4.69) is 10.4 Å². The quantitative estimate of drug-likeness (QED) is 0.836. The highest BCUT2D eigenvalue weighted by atomic mass is 35.5. The number of hydrogen-bond donors (Lipinski definition) is 1. The molecule has 0 aliphatic carbocycles. The smallest absolute Gasteiger partial charge is 0.343 e. The third-order valence-corrected chi connectivity index (χ3v) is 3.91. The van der Waals surface area contributed by atoms with Gasteiger partial charge in [-0.25, -0.2) is 9.48 Å². The van der Waals surface area contributed by atoms with Crippen molar-refractivity contribution in [3.8, 4) is 0 Å². The Kier molecular flexibility index (Phi) is 5.63. The Balaban J connectivity index is 2.21. The average molecular weight is 356 g/mol. The lowest BCUT2D eigenvalue weighted by molar-refractivity contribution is -0.123. The highest BCUT2D eigenvalue weighted by Crippen LogP contribution is 2.23. The summed E-state index contributed by atoms with van der Waals surface area (Å²) in [5.41, 5.74) is 1.38. The monoisotopic (exact) mass is 355 g/mol. The lowest BCUT2D eigenvalue weighted by Crippen LogP contribution is -2.25. The van der Waals surface area contributed by atoms with E-state index >= 15 is 0 Å². The number of carbonyl (C=O) groups is 2. The number of amides is 1. The minimum absolute atomic E-state index is 0.141. The number of likely N-dealkylation sites (N-methyl/N-ethyl adjacent to an activating group) is 1. The van der Waals surface area contributed by atoms with Gasteiger partial charge in [-0.05, 0) is 18.6 Å². The van der Waals surface area contributed by atoms with E-state index in [1.807, 2.05) is 18.2 Å². The summed E-state index contributed by atoms with van der Waals surface area (Å²) in [6, 6.07) is 7.28. The molecule has 0 spiro atoms. The summed E-state index contributed by atoms with van der Waals surface area (Å²) in [4.78, 5) is 23.2. The van der Waals surface area contributed by atoms with Gasteiger partial charge in [0, 0.05) is 12.1 Å². The molecule has 0 fully saturated rings. The van der Waals surface area contributed by atoms with Crippen molar-refractivity contribution >= 4 is 35.1 Å². The van der Waals surface area contributed by atoms with Crippen molar-refractivity contribution in [2.24, 2.45) is 0 Å². The van der Waals surface area contributed by atoms with E-state index in [-0.39, 0.29) is 17.3 Å². The van der Waals surface area contributed by atoms with Crippen LogP contribution < -0.4 is 5.32 Å². The van der Waals surface area contributed by atoms with Crippen LogP contribution in [0.4, 0.5) is 0 Å².